The highest BCUT2D eigenvalue weighted by Gasteiger charge is 2.07. The number of anilines is 1. The van der Waals surface area contributed by atoms with Crippen LogP contribution in [0.1, 0.15) is 12.5 Å². The Morgan fingerprint density at radius 1 is 1.35 bits per heavy atom. The molecule has 104 valence electrons. The minimum atomic E-state index is -0.276. The number of aromatic nitrogens is 1. The van der Waals surface area contributed by atoms with Gasteiger partial charge in [-0.3, -0.25) is 4.79 Å². The highest BCUT2D eigenvalue weighted by molar-refractivity contribution is 6.32. The van der Waals surface area contributed by atoms with Gasteiger partial charge >= 0.3 is 0 Å². The summed E-state index contributed by atoms with van der Waals surface area (Å²) in [4.78, 5) is 15.7. The molecule has 0 aliphatic carbocycles. The Hall–Kier alpha value is -2.07. The average molecular weight is 291 g/mol. The first kappa shape index (κ1) is 14.3. The fourth-order valence-corrected chi connectivity index (χ4v) is 1.84. The molecule has 1 aromatic carbocycles. The second-order valence-corrected chi connectivity index (χ2v) is 4.54. The summed E-state index contributed by atoms with van der Waals surface area (Å²) in [5.74, 6) is 0.401. The lowest BCUT2D eigenvalue weighted by Crippen LogP contribution is -2.20. The van der Waals surface area contributed by atoms with Gasteiger partial charge in [0.2, 0.25) is 0 Å². The Morgan fingerprint density at radius 3 is 2.95 bits per heavy atom. The molecule has 0 bridgehead atoms. The van der Waals surface area contributed by atoms with Crippen LogP contribution in [0.5, 0.6) is 5.75 Å². The monoisotopic (exact) mass is 290 g/mol. The molecular weight excluding hydrogens is 276 g/mol. The Morgan fingerprint density at radius 2 is 2.20 bits per heavy atom. The average Bonchev–Trinajstić information content (AvgIpc) is 2.48. The molecule has 0 atom stereocenters. The van der Waals surface area contributed by atoms with Crippen LogP contribution in [0.25, 0.3) is 0 Å². The maximum Gasteiger partial charge on any atom is 0.262 e. The lowest BCUT2D eigenvalue weighted by atomic mass is 10.2. The number of hydrogen-bond acceptors (Lipinski definition) is 3. The first-order valence-corrected chi connectivity index (χ1v) is 6.69. The number of benzene rings is 1. The summed E-state index contributed by atoms with van der Waals surface area (Å²) in [6.07, 6.45) is 2.49. The molecule has 1 heterocycles. The Bertz CT molecular complexity index is 602. The molecule has 0 saturated carbocycles. The fourth-order valence-electron chi connectivity index (χ4n) is 1.67. The predicted octanol–water partition coefficient (Wildman–Crippen LogP) is 3.31. The summed E-state index contributed by atoms with van der Waals surface area (Å²) in [5.41, 5.74) is 1.64. The van der Waals surface area contributed by atoms with Gasteiger partial charge in [0.15, 0.2) is 11.8 Å². The predicted molar refractivity (Wildman–Crippen MR) is 79.2 cm³/mol. The number of nitrogens with zero attached hydrogens (tertiary/aromatic N) is 1. The van der Waals surface area contributed by atoms with Crippen LogP contribution in [0, 0.1) is 0 Å². The zero-order valence-electron chi connectivity index (χ0n) is 11.1. The first-order valence-electron chi connectivity index (χ1n) is 6.31. The van der Waals surface area contributed by atoms with Crippen molar-refractivity contribution in [2.45, 2.75) is 13.3 Å². The lowest BCUT2D eigenvalue weighted by Gasteiger charge is -2.09. The summed E-state index contributed by atoms with van der Waals surface area (Å²) in [5, 5.41) is 2.91. The molecule has 0 unspecified atom stereocenters. The van der Waals surface area contributed by atoms with Crippen molar-refractivity contribution in [3.63, 3.8) is 0 Å². The molecule has 0 fully saturated rings. The number of nitrogens with one attached hydrogen (secondary N) is 1. The molecule has 5 heteroatoms. The summed E-state index contributed by atoms with van der Waals surface area (Å²) >= 11 is 5.86. The molecule has 20 heavy (non-hydrogen) atoms. The second-order valence-electron chi connectivity index (χ2n) is 4.18. The Balaban J connectivity index is 1.90. The fraction of sp³-hybridized carbons (Fsp3) is 0.200. The first-order chi connectivity index (χ1) is 9.69. The molecule has 0 spiro atoms. The van der Waals surface area contributed by atoms with Gasteiger partial charge in [0.1, 0.15) is 5.75 Å². The molecule has 2 rings (SSSR count). The van der Waals surface area contributed by atoms with Crippen LogP contribution in [0.4, 0.5) is 5.69 Å². The van der Waals surface area contributed by atoms with Gasteiger partial charge < -0.3 is 10.1 Å². The van der Waals surface area contributed by atoms with E-state index in [9.17, 15) is 4.79 Å². The third-order valence-electron chi connectivity index (χ3n) is 2.71. The minimum Gasteiger partial charge on any atom is -0.484 e. The largest absolute Gasteiger partial charge is 0.484 e. The highest BCUT2D eigenvalue weighted by Crippen LogP contribution is 2.17. The molecule has 1 aromatic heterocycles. The standard InChI is InChI=1S/C15H15ClN2O2/c1-2-11-5-3-6-12(9-11)20-10-14(19)18-13-7-4-8-17-15(13)16/h3-9H,2,10H2,1H3,(H,18,19). The number of rotatable bonds is 5. The van der Waals surface area contributed by atoms with E-state index in [1.165, 1.54) is 5.56 Å². The van der Waals surface area contributed by atoms with Gasteiger partial charge in [0, 0.05) is 6.20 Å². The highest BCUT2D eigenvalue weighted by atomic mass is 35.5. The molecule has 2 aromatic rings. The quantitative estimate of drug-likeness (QED) is 0.860. The summed E-state index contributed by atoms with van der Waals surface area (Å²) in [6.45, 7) is 1.99. The van der Waals surface area contributed by atoms with Crippen molar-refractivity contribution in [1.29, 1.82) is 0 Å². The second kappa shape index (κ2) is 6.91. The van der Waals surface area contributed by atoms with Gasteiger partial charge in [0.25, 0.3) is 5.91 Å². The number of amides is 1. The third-order valence-corrected chi connectivity index (χ3v) is 3.01. The zero-order chi connectivity index (χ0) is 14.4. The maximum atomic E-state index is 11.8. The molecule has 1 amide bonds. The number of halogens is 1. The van der Waals surface area contributed by atoms with Crippen molar-refractivity contribution in [2.75, 3.05) is 11.9 Å². The number of aryl methyl sites for hydroxylation is 1. The molecule has 0 radical (unpaired) electrons. The smallest absolute Gasteiger partial charge is 0.262 e. The van der Waals surface area contributed by atoms with Crippen LogP contribution in [-0.4, -0.2) is 17.5 Å². The Labute approximate surface area is 122 Å². The topological polar surface area (TPSA) is 51.2 Å². The van der Waals surface area contributed by atoms with Crippen molar-refractivity contribution >= 4 is 23.2 Å². The number of carbonyl (C=O) groups is 1. The molecule has 0 aliphatic heterocycles. The van der Waals surface area contributed by atoms with Crippen LogP contribution in [0.15, 0.2) is 42.6 Å². The number of ether oxygens (including phenoxy) is 1. The van der Waals surface area contributed by atoms with E-state index in [1.807, 2.05) is 24.3 Å². The van der Waals surface area contributed by atoms with Crippen LogP contribution >= 0.6 is 11.6 Å². The van der Waals surface area contributed by atoms with E-state index in [4.69, 9.17) is 16.3 Å². The van der Waals surface area contributed by atoms with E-state index in [0.717, 1.165) is 6.42 Å². The molecule has 4 nitrogen and oxygen atoms in total. The molecule has 0 aliphatic rings. The zero-order valence-corrected chi connectivity index (χ0v) is 11.9. The van der Waals surface area contributed by atoms with Crippen LogP contribution in [0.3, 0.4) is 0 Å². The van der Waals surface area contributed by atoms with Gasteiger partial charge in [-0.05, 0) is 36.2 Å². The summed E-state index contributed by atoms with van der Waals surface area (Å²) in [6, 6.07) is 11.1. The van der Waals surface area contributed by atoms with Crippen molar-refractivity contribution in [3.05, 3.63) is 53.3 Å². The van der Waals surface area contributed by atoms with Gasteiger partial charge in [-0.1, -0.05) is 30.7 Å². The lowest BCUT2D eigenvalue weighted by molar-refractivity contribution is -0.118. The van der Waals surface area contributed by atoms with Crippen LogP contribution in [0.2, 0.25) is 5.15 Å². The van der Waals surface area contributed by atoms with E-state index in [2.05, 4.69) is 17.2 Å². The van der Waals surface area contributed by atoms with Gasteiger partial charge in [-0.15, -0.1) is 0 Å². The SMILES string of the molecule is CCc1cccc(OCC(=O)Nc2cccnc2Cl)c1. The van der Waals surface area contributed by atoms with E-state index in [1.54, 1.807) is 18.3 Å². The van der Waals surface area contributed by atoms with Gasteiger partial charge in [0.05, 0.1) is 5.69 Å². The van der Waals surface area contributed by atoms with Crippen LogP contribution < -0.4 is 10.1 Å². The summed E-state index contributed by atoms with van der Waals surface area (Å²) in [7, 11) is 0. The van der Waals surface area contributed by atoms with Gasteiger partial charge in [-0.2, -0.15) is 0 Å². The van der Waals surface area contributed by atoms with E-state index in [0.29, 0.717) is 11.4 Å². The molecular formula is C15H15ClN2O2. The van der Waals surface area contributed by atoms with Crippen LogP contribution in [-0.2, 0) is 11.2 Å². The van der Waals surface area contributed by atoms with Crippen molar-refractivity contribution in [2.24, 2.45) is 0 Å². The van der Waals surface area contributed by atoms with Crippen molar-refractivity contribution in [3.8, 4) is 5.75 Å². The van der Waals surface area contributed by atoms with E-state index < -0.39 is 0 Å². The third kappa shape index (κ3) is 3.96. The van der Waals surface area contributed by atoms with Gasteiger partial charge in [-0.25, -0.2) is 4.98 Å². The normalized spacial score (nSPS) is 10.1. The minimum absolute atomic E-state index is 0.0710. The van der Waals surface area contributed by atoms with E-state index in [-0.39, 0.29) is 17.7 Å². The van der Waals surface area contributed by atoms with Crippen molar-refractivity contribution < 1.29 is 9.53 Å². The molecule has 0 saturated heterocycles. The maximum absolute atomic E-state index is 11.8. The number of carbonyl (C=O) groups excluding carboxylic acids is 1. The number of pyridine rings is 1. The van der Waals surface area contributed by atoms with E-state index >= 15 is 0 Å². The summed E-state index contributed by atoms with van der Waals surface area (Å²) < 4.78 is 5.45. The molecule has 1 N–H and O–H groups in total. The Kier molecular flexibility index (Phi) is 4.96. The number of hydrogen-bond donors (Lipinski definition) is 1. The van der Waals surface area contributed by atoms with Crippen molar-refractivity contribution in [1.82, 2.24) is 4.98 Å².